The third-order valence-electron chi connectivity index (χ3n) is 6.73. The molecule has 4 N–H and O–H groups in total. The smallest absolute Gasteiger partial charge is 0.119 e. The fourth-order valence-electron chi connectivity index (χ4n) is 4.96. The first-order chi connectivity index (χ1) is 17.1. The van der Waals surface area contributed by atoms with Crippen LogP contribution in [0, 0.1) is 0 Å². The molecular weight excluding hydrogens is 436 g/mol. The summed E-state index contributed by atoms with van der Waals surface area (Å²) in [5.74, 6) is 0.730. The first-order valence-corrected chi connectivity index (χ1v) is 12.2. The Morgan fingerprint density at radius 2 is 0.629 bits per heavy atom. The average molecular weight is 469 g/mol. The number of benzene rings is 4. The second-order valence-corrected chi connectivity index (χ2v) is 8.98. The zero-order valence-electron chi connectivity index (χ0n) is 19.7. The van der Waals surface area contributed by atoms with Gasteiger partial charge in [0.1, 0.15) is 23.0 Å². The molecule has 0 amide bonds. The van der Waals surface area contributed by atoms with Crippen molar-refractivity contribution in [2.75, 3.05) is 0 Å². The van der Waals surface area contributed by atoms with Crippen LogP contribution in [0.3, 0.4) is 0 Å². The number of hydrogen-bond acceptors (Lipinski definition) is 4. The number of phenols is 4. The van der Waals surface area contributed by atoms with E-state index in [1.807, 2.05) is 48.5 Å². The molecule has 0 aliphatic rings. The fraction of sp³-hybridized carbons (Fsp3) is 0.226. The van der Waals surface area contributed by atoms with Gasteiger partial charge in [-0.3, -0.25) is 0 Å². The minimum atomic E-state index is -0.107. The molecule has 4 aromatic rings. The van der Waals surface area contributed by atoms with Gasteiger partial charge in [-0.2, -0.15) is 0 Å². The Kier molecular flexibility index (Phi) is 7.94. The Balaban J connectivity index is 1.46. The molecule has 4 aromatic carbocycles. The highest BCUT2D eigenvalue weighted by Crippen LogP contribution is 2.41. The van der Waals surface area contributed by atoms with Crippen LogP contribution in [0.5, 0.6) is 23.0 Å². The van der Waals surface area contributed by atoms with Gasteiger partial charge in [0.25, 0.3) is 0 Å². The molecule has 0 atom stereocenters. The lowest BCUT2D eigenvalue weighted by Gasteiger charge is -2.22. The molecule has 0 saturated carbocycles. The van der Waals surface area contributed by atoms with Gasteiger partial charge in [0.15, 0.2) is 0 Å². The van der Waals surface area contributed by atoms with Crippen LogP contribution in [0.2, 0.25) is 0 Å². The minimum Gasteiger partial charge on any atom is -0.508 e. The van der Waals surface area contributed by atoms with Crippen LogP contribution >= 0.6 is 0 Å². The summed E-state index contributed by atoms with van der Waals surface area (Å²) in [6, 6.07) is 29.3. The van der Waals surface area contributed by atoms with Gasteiger partial charge in [0.05, 0.1) is 0 Å². The van der Waals surface area contributed by atoms with Gasteiger partial charge in [0, 0.05) is 34.1 Å². The van der Waals surface area contributed by atoms with Crippen molar-refractivity contribution in [2.45, 2.75) is 43.9 Å². The van der Waals surface area contributed by atoms with E-state index in [0.29, 0.717) is 0 Å². The predicted octanol–water partition coefficient (Wildman–Crippen LogP) is 7.42. The van der Waals surface area contributed by atoms with Gasteiger partial charge in [-0.05, 0) is 37.1 Å². The lowest BCUT2D eigenvalue weighted by Crippen LogP contribution is -2.04. The van der Waals surface area contributed by atoms with E-state index >= 15 is 0 Å². The maximum absolute atomic E-state index is 10.5. The zero-order valence-corrected chi connectivity index (χ0v) is 19.7. The van der Waals surface area contributed by atoms with E-state index in [4.69, 9.17) is 0 Å². The van der Waals surface area contributed by atoms with Gasteiger partial charge in [-0.25, -0.2) is 0 Å². The Labute approximate surface area is 206 Å². The van der Waals surface area contributed by atoms with E-state index in [1.54, 1.807) is 48.5 Å². The van der Waals surface area contributed by atoms with Gasteiger partial charge >= 0.3 is 0 Å². The summed E-state index contributed by atoms with van der Waals surface area (Å²) in [6.07, 6.45) is 4.32. The first kappa shape index (κ1) is 24.2. The SMILES string of the molecule is Oc1ccccc1C(CCCCCC(c1ccccc1O)c1ccccc1O)c1ccccc1O. The van der Waals surface area contributed by atoms with Crippen LogP contribution < -0.4 is 0 Å². The van der Waals surface area contributed by atoms with Gasteiger partial charge in [-0.1, -0.05) is 92.1 Å². The van der Waals surface area contributed by atoms with Gasteiger partial charge < -0.3 is 20.4 Å². The van der Waals surface area contributed by atoms with Crippen molar-refractivity contribution < 1.29 is 20.4 Å². The molecule has 0 heterocycles. The molecule has 0 radical (unpaired) electrons. The van der Waals surface area contributed by atoms with Crippen LogP contribution in [0.1, 0.15) is 66.2 Å². The summed E-state index contributed by atoms with van der Waals surface area (Å²) in [5, 5.41) is 41.9. The molecule has 0 spiro atoms. The number of phenolic OH excluding ortho intramolecular Hbond substituents is 4. The molecule has 0 bridgehead atoms. The number of para-hydroxylation sites is 4. The van der Waals surface area contributed by atoms with Crippen molar-refractivity contribution in [3.8, 4) is 23.0 Å². The van der Waals surface area contributed by atoms with Crippen LogP contribution in [0.15, 0.2) is 97.1 Å². The van der Waals surface area contributed by atoms with E-state index in [9.17, 15) is 20.4 Å². The predicted molar refractivity (Wildman–Crippen MR) is 139 cm³/mol. The molecule has 0 unspecified atom stereocenters. The quantitative estimate of drug-likeness (QED) is 0.183. The summed E-state index contributed by atoms with van der Waals surface area (Å²) in [4.78, 5) is 0. The highest BCUT2D eigenvalue weighted by molar-refractivity contribution is 5.47. The number of unbranched alkanes of at least 4 members (excludes halogenated alkanes) is 2. The van der Waals surface area contributed by atoms with Crippen molar-refractivity contribution in [1.82, 2.24) is 0 Å². The van der Waals surface area contributed by atoms with Crippen molar-refractivity contribution in [2.24, 2.45) is 0 Å². The van der Waals surface area contributed by atoms with Crippen LogP contribution in [-0.2, 0) is 0 Å². The summed E-state index contributed by atoms with van der Waals surface area (Å²) in [5.41, 5.74) is 3.26. The van der Waals surface area contributed by atoms with E-state index in [1.165, 1.54) is 0 Å². The molecule has 4 heteroatoms. The summed E-state index contributed by atoms with van der Waals surface area (Å²) in [6.45, 7) is 0. The highest BCUT2D eigenvalue weighted by Gasteiger charge is 2.22. The van der Waals surface area contributed by atoms with Crippen molar-refractivity contribution in [3.63, 3.8) is 0 Å². The lowest BCUT2D eigenvalue weighted by atomic mass is 9.84. The normalized spacial score (nSPS) is 11.3. The monoisotopic (exact) mass is 468 g/mol. The molecule has 180 valence electrons. The Bertz CT molecular complexity index is 1060. The Morgan fingerprint density at radius 1 is 0.371 bits per heavy atom. The van der Waals surface area contributed by atoms with Crippen LogP contribution in [0.4, 0.5) is 0 Å². The first-order valence-electron chi connectivity index (χ1n) is 12.2. The minimum absolute atomic E-state index is 0.107. The fourth-order valence-corrected chi connectivity index (χ4v) is 4.96. The summed E-state index contributed by atoms with van der Waals surface area (Å²) >= 11 is 0. The third kappa shape index (κ3) is 5.78. The zero-order chi connectivity index (χ0) is 24.6. The Morgan fingerprint density at radius 3 is 0.886 bits per heavy atom. The van der Waals surface area contributed by atoms with Gasteiger partial charge in [0.2, 0.25) is 0 Å². The van der Waals surface area contributed by atoms with Crippen molar-refractivity contribution in [1.29, 1.82) is 0 Å². The summed E-state index contributed by atoms with van der Waals surface area (Å²) < 4.78 is 0. The summed E-state index contributed by atoms with van der Waals surface area (Å²) in [7, 11) is 0. The second-order valence-electron chi connectivity index (χ2n) is 8.98. The van der Waals surface area contributed by atoms with Crippen LogP contribution in [-0.4, -0.2) is 20.4 Å². The van der Waals surface area contributed by atoms with E-state index in [0.717, 1.165) is 54.4 Å². The highest BCUT2D eigenvalue weighted by atomic mass is 16.3. The largest absolute Gasteiger partial charge is 0.508 e. The second kappa shape index (κ2) is 11.5. The molecule has 35 heavy (non-hydrogen) atoms. The third-order valence-corrected chi connectivity index (χ3v) is 6.73. The maximum Gasteiger partial charge on any atom is 0.119 e. The molecular formula is C31H32O4. The number of rotatable bonds is 10. The van der Waals surface area contributed by atoms with Crippen molar-refractivity contribution >= 4 is 0 Å². The van der Waals surface area contributed by atoms with E-state index in [-0.39, 0.29) is 34.8 Å². The molecule has 4 rings (SSSR count). The van der Waals surface area contributed by atoms with Gasteiger partial charge in [-0.15, -0.1) is 0 Å². The van der Waals surface area contributed by atoms with E-state index in [2.05, 4.69) is 0 Å². The standard InChI is InChI=1S/C31H32O4/c32-28-18-8-4-14-24(28)22(25-15-5-9-19-29(25)33)12-2-1-3-13-23(26-16-6-10-20-30(26)34)27-17-7-11-21-31(27)35/h4-11,14-23,32-35H,1-3,12-13H2. The topological polar surface area (TPSA) is 80.9 Å². The number of hydrogen-bond donors (Lipinski definition) is 4. The molecule has 0 saturated heterocycles. The van der Waals surface area contributed by atoms with E-state index < -0.39 is 0 Å². The molecule has 0 fully saturated rings. The maximum atomic E-state index is 10.5. The molecule has 0 aliphatic heterocycles. The van der Waals surface area contributed by atoms with Crippen molar-refractivity contribution in [3.05, 3.63) is 119 Å². The number of aromatic hydroxyl groups is 4. The average Bonchev–Trinajstić information content (AvgIpc) is 2.86. The molecule has 0 aliphatic carbocycles. The molecule has 0 aromatic heterocycles. The Hall–Kier alpha value is -3.92. The lowest BCUT2D eigenvalue weighted by molar-refractivity contribution is 0.443. The molecule has 4 nitrogen and oxygen atoms in total. The van der Waals surface area contributed by atoms with Crippen LogP contribution in [0.25, 0.3) is 0 Å².